The smallest absolute Gasteiger partial charge is 0.311 e. The third-order valence-corrected chi connectivity index (χ3v) is 14.6. The van der Waals surface area contributed by atoms with E-state index in [1.165, 1.54) is 0 Å². The van der Waals surface area contributed by atoms with Gasteiger partial charge in [-0.2, -0.15) is 0 Å². The van der Waals surface area contributed by atoms with Crippen molar-refractivity contribution in [2.75, 3.05) is 14.1 Å². The Morgan fingerprint density at radius 3 is 1.13 bits per heavy atom. The highest BCUT2D eigenvalue weighted by Gasteiger charge is 2.64. The maximum atomic E-state index is 13.9. The Hall–Kier alpha value is -3.86. The predicted molar refractivity (Wildman–Crippen MR) is 218 cm³/mol. The molecule has 4 aliphatic rings. The molecular formula is C46H62Br2N2O12. The molecule has 16 heteroatoms. The van der Waals surface area contributed by atoms with E-state index in [2.05, 4.69) is 14.1 Å². The Kier molecular flexibility index (Phi) is 17.0. The second-order valence-electron chi connectivity index (χ2n) is 17.9. The molecule has 4 bridgehead atoms. The molecule has 0 aromatic heterocycles. The summed E-state index contributed by atoms with van der Waals surface area (Å²) in [6, 6.07) is 11.0. The number of ether oxygens (including phenoxy) is 4. The lowest BCUT2D eigenvalue weighted by Gasteiger charge is -2.55. The van der Waals surface area contributed by atoms with Crippen LogP contribution in [-0.2, 0) is 41.9 Å². The van der Waals surface area contributed by atoms with Gasteiger partial charge in [0.15, 0.2) is 23.0 Å². The number of carboxylic acid groups (broad SMARTS) is 2. The van der Waals surface area contributed by atoms with E-state index in [-0.39, 0.29) is 119 Å². The number of carbonyl (C=O) groups is 6. The molecule has 4 heterocycles. The summed E-state index contributed by atoms with van der Waals surface area (Å²) in [4.78, 5) is 75.6. The molecule has 0 radical (unpaired) electrons. The maximum absolute atomic E-state index is 13.9. The summed E-state index contributed by atoms with van der Waals surface area (Å²) >= 11 is 0. The maximum Gasteiger partial charge on any atom is 0.311 e. The SMILES string of the molecule is CCC(=O)Oc1ccc(C[N+]2(C)C3CCC2CC(C(CC(=O)O)(C(=O)O)C2CC4CCC(C2)[N+]4(C)Cc2ccc(OC(=O)CC)c(OC(=O)CC)c2)C3)cc1OC(=O)CC.[Br-].[Br-]. The second-order valence-corrected chi connectivity index (χ2v) is 17.9. The number of nitrogens with zero attached hydrogens (tertiary/aromatic N) is 2. The lowest BCUT2D eigenvalue weighted by molar-refractivity contribution is -0.963. The quantitative estimate of drug-likeness (QED) is 0.131. The van der Waals surface area contributed by atoms with Gasteiger partial charge in [-0.1, -0.05) is 27.7 Å². The minimum Gasteiger partial charge on any atom is -1.00 e. The monoisotopic (exact) mass is 992 g/mol. The lowest BCUT2D eigenvalue weighted by atomic mass is 9.57. The minimum atomic E-state index is -1.44. The van der Waals surface area contributed by atoms with E-state index in [1.807, 2.05) is 12.1 Å². The van der Waals surface area contributed by atoms with Crippen LogP contribution in [0.3, 0.4) is 0 Å². The van der Waals surface area contributed by atoms with Crippen molar-refractivity contribution in [1.29, 1.82) is 0 Å². The highest BCUT2D eigenvalue weighted by Crippen LogP contribution is 2.59. The summed E-state index contributed by atoms with van der Waals surface area (Å²) in [6.07, 6.45) is 6.10. The first-order valence-electron chi connectivity index (χ1n) is 21.7. The first kappa shape index (κ1) is 50.8. The number of carbonyl (C=O) groups excluding carboxylic acids is 4. The Morgan fingerprint density at radius 2 is 0.855 bits per heavy atom. The summed E-state index contributed by atoms with van der Waals surface area (Å²) in [6.45, 7) is 7.93. The van der Waals surface area contributed by atoms with Crippen LogP contribution in [0.5, 0.6) is 23.0 Å². The van der Waals surface area contributed by atoms with Crippen LogP contribution in [0, 0.1) is 17.3 Å². The topological polar surface area (TPSA) is 180 Å². The number of quaternary nitrogens is 2. The van der Waals surface area contributed by atoms with Gasteiger partial charge >= 0.3 is 35.8 Å². The summed E-state index contributed by atoms with van der Waals surface area (Å²) in [5.41, 5.74) is 0.348. The predicted octanol–water partition coefficient (Wildman–Crippen LogP) is 0.977. The number of benzene rings is 2. The van der Waals surface area contributed by atoms with Crippen LogP contribution in [-0.4, -0.2) is 93.3 Å². The molecule has 6 rings (SSSR count). The van der Waals surface area contributed by atoms with Gasteiger partial charge in [0.1, 0.15) is 13.1 Å². The van der Waals surface area contributed by atoms with Gasteiger partial charge in [-0.3, -0.25) is 28.8 Å². The van der Waals surface area contributed by atoms with Crippen LogP contribution in [0.15, 0.2) is 36.4 Å². The summed E-state index contributed by atoms with van der Waals surface area (Å²) in [5, 5.41) is 21.8. The van der Waals surface area contributed by atoms with E-state index >= 15 is 0 Å². The van der Waals surface area contributed by atoms with Gasteiger partial charge in [0.2, 0.25) is 0 Å². The molecule has 4 saturated heterocycles. The van der Waals surface area contributed by atoms with Gasteiger partial charge in [-0.05, 0) is 48.2 Å². The summed E-state index contributed by atoms with van der Waals surface area (Å²) < 4.78 is 23.5. The molecule has 2 aromatic rings. The number of aliphatic carboxylic acids is 2. The molecule has 0 saturated carbocycles. The van der Waals surface area contributed by atoms with Gasteiger partial charge < -0.3 is 72.1 Å². The number of fused-ring (bicyclic) bond motifs is 4. The van der Waals surface area contributed by atoms with Crippen molar-refractivity contribution in [3.8, 4) is 23.0 Å². The lowest BCUT2D eigenvalue weighted by Crippen LogP contribution is -3.00. The number of piperidine rings is 2. The molecule has 4 aliphatic heterocycles. The van der Waals surface area contributed by atoms with E-state index in [9.17, 15) is 39.0 Å². The van der Waals surface area contributed by atoms with Crippen molar-refractivity contribution in [1.82, 2.24) is 0 Å². The number of esters is 4. The van der Waals surface area contributed by atoms with Gasteiger partial charge in [0, 0.05) is 88.2 Å². The average Bonchev–Trinajstić information content (AvgIpc) is 3.44. The molecule has 0 aliphatic carbocycles. The van der Waals surface area contributed by atoms with Gasteiger partial charge in [-0.25, -0.2) is 0 Å². The summed E-state index contributed by atoms with van der Waals surface area (Å²) in [5.74, 6) is -3.83. The number of hydrogen-bond donors (Lipinski definition) is 2. The number of halogens is 2. The highest BCUT2D eigenvalue weighted by atomic mass is 79.9. The fraction of sp³-hybridized carbons (Fsp3) is 0.609. The van der Waals surface area contributed by atoms with E-state index < -0.39 is 47.7 Å². The van der Waals surface area contributed by atoms with Crippen LogP contribution in [0.25, 0.3) is 0 Å². The Morgan fingerprint density at radius 1 is 0.548 bits per heavy atom. The van der Waals surface area contributed by atoms with Gasteiger partial charge in [0.25, 0.3) is 0 Å². The van der Waals surface area contributed by atoms with E-state index in [0.29, 0.717) is 47.7 Å². The normalized spacial score (nSPS) is 28.0. The van der Waals surface area contributed by atoms with Gasteiger partial charge in [0.05, 0.1) is 50.1 Å². The van der Waals surface area contributed by atoms with Crippen molar-refractivity contribution in [2.45, 2.75) is 148 Å². The largest absolute Gasteiger partial charge is 1.00 e. The average molecular weight is 995 g/mol. The Bertz CT molecular complexity index is 1860. The van der Waals surface area contributed by atoms with E-state index in [0.717, 1.165) is 36.8 Å². The number of hydrogen-bond acceptors (Lipinski definition) is 10. The van der Waals surface area contributed by atoms with Crippen molar-refractivity contribution in [3.05, 3.63) is 47.5 Å². The van der Waals surface area contributed by atoms with Crippen LogP contribution in [0.1, 0.15) is 122 Å². The van der Waals surface area contributed by atoms with Crippen LogP contribution < -0.4 is 52.9 Å². The molecule has 62 heavy (non-hydrogen) atoms. The van der Waals surface area contributed by atoms with Crippen molar-refractivity contribution >= 4 is 35.8 Å². The fourth-order valence-corrected chi connectivity index (χ4v) is 11.3. The van der Waals surface area contributed by atoms with Crippen molar-refractivity contribution in [2.24, 2.45) is 17.3 Å². The van der Waals surface area contributed by atoms with Gasteiger partial charge in [-0.15, -0.1) is 0 Å². The Balaban J connectivity index is 0.00000422. The second kappa shape index (κ2) is 20.8. The molecule has 4 fully saturated rings. The molecule has 0 amide bonds. The van der Waals surface area contributed by atoms with Crippen LogP contribution >= 0.6 is 0 Å². The first-order chi connectivity index (χ1) is 28.5. The highest BCUT2D eigenvalue weighted by molar-refractivity contribution is 5.82. The van der Waals surface area contributed by atoms with Crippen LogP contribution in [0.4, 0.5) is 0 Å². The van der Waals surface area contributed by atoms with E-state index in [4.69, 9.17) is 18.9 Å². The zero-order valence-corrected chi connectivity index (χ0v) is 39.8. The fourth-order valence-electron chi connectivity index (χ4n) is 11.3. The zero-order valence-electron chi connectivity index (χ0n) is 36.7. The minimum absolute atomic E-state index is 0. The Labute approximate surface area is 385 Å². The van der Waals surface area contributed by atoms with Crippen LogP contribution in [0.2, 0.25) is 0 Å². The molecular weight excluding hydrogens is 932 g/mol. The van der Waals surface area contributed by atoms with E-state index in [1.54, 1.807) is 52.0 Å². The molecule has 2 aromatic carbocycles. The third kappa shape index (κ3) is 10.2. The standard InChI is InChI=1S/C46H60N2O12.2BrH/c1-7-41(51)57-36-17-11-28(19-38(36)59-43(53)9-3)26-47(5)32-13-14-33(47)22-30(21-32)46(45(55)56,25-40(49)50)31-23-34-15-16-35(24-31)48(34,6)27-29-12-18-37(58-42(52)8-2)39(20-29)60-44(54)10-4;;/h11-12,17-20,30-35H,7-10,13-16,21-27H2,1-6H3;2*1H. The number of rotatable bonds is 17. The number of carboxylic acids is 2. The zero-order chi connectivity index (χ0) is 43.6. The molecule has 4 atom stereocenters. The van der Waals surface area contributed by atoms with Crippen molar-refractivity contribution in [3.63, 3.8) is 0 Å². The molecule has 4 unspecified atom stereocenters. The molecule has 2 N–H and O–H groups in total. The molecule has 342 valence electrons. The first-order valence-corrected chi connectivity index (χ1v) is 21.7. The summed E-state index contributed by atoms with van der Waals surface area (Å²) in [7, 11) is 4.39. The third-order valence-electron chi connectivity index (χ3n) is 14.6. The molecule has 14 nitrogen and oxygen atoms in total. The molecule has 0 spiro atoms. The van der Waals surface area contributed by atoms with Crippen molar-refractivity contribution < 1.29 is 101 Å².